The SMILES string of the molecule is Nc1cc(-c2n[nH]c(C(O)C(F)F)c2Cl)c(Cl)cc1Cl. The first-order valence-electron chi connectivity index (χ1n) is 5.27. The summed E-state index contributed by atoms with van der Waals surface area (Å²) >= 11 is 17.7. The molecule has 4 nitrogen and oxygen atoms in total. The van der Waals surface area contributed by atoms with Gasteiger partial charge in [0.15, 0.2) is 6.10 Å². The minimum Gasteiger partial charge on any atom is -0.398 e. The van der Waals surface area contributed by atoms with Crippen molar-refractivity contribution in [3.8, 4) is 11.3 Å². The van der Waals surface area contributed by atoms with Crippen LogP contribution in [0.1, 0.15) is 11.8 Å². The van der Waals surface area contributed by atoms with E-state index in [0.29, 0.717) is 5.56 Å². The van der Waals surface area contributed by atoms with Crippen molar-refractivity contribution in [3.63, 3.8) is 0 Å². The van der Waals surface area contributed by atoms with Crippen LogP contribution in [-0.2, 0) is 0 Å². The van der Waals surface area contributed by atoms with Gasteiger partial charge in [0.25, 0.3) is 6.43 Å². The first kappa shape index (κ1) is 15.3. The van der Waals surface area contributed by atoms with E-state index >= 15 is 0 Å². The van der Waals surface area contributed by atoms with E-state index < -0.39 is 12.5 Å². The Labute approximate surface area is 127 Å². The van der Waals surface area contributed by atoms with Crippen LogP contribution in [0.2, 0.25) is 15.1 Å². The molecule has 1 heterocycles. The Morgan fingerprint density at radius 3 is 2.45 bits per heavy atom. The molecule has 1 aromatic carbocycles. The molecule has 1 atom stereocenters. The number of aromatic nitrogens is 2. The molecule has 0 fully saturated rings. The molecule has 0 aliphatic rings. The third kappa shape index (κ3) is 2.69. The lowest BCUT2D eigenvalue weighted by Crippen LogP contribution is -2.08. The number of nitrogens with two attached hydrogens (primary N) is 1. The predicted octanol–water partition coefficient (Wildman–Crippen LogP) is 3.92. The van der Waals surface area contributed by atoms with Gasteiger partial charge in [-0.1, -0.05) is 34.8 Å². The average Bonchev–Trinajstić information content (AvgIpc) is 2.74. The van der Waals surface area contributed by atoms with Crippen LogP contribution in [0.4, 0.5) is 14.5 Å². The third-order valence-electron chi connectivity index (χ3n) is 2.61. The minimum absolute atomic E-state index is 0.106. The second kappa shape index (κ2) is 5.73. The van der Waals surface area contributed by atoms with Crippen LogP contribution < -0.4 is 5.73 Å². The Kier molecular flexibility index (Phi) is 4.39. The number of hydrogen-bond donors (Lipinski definition) is 3. The van der Waals surface area contributed by atoms with Crippen molar-refractivity contribution in [3.05, 3.63) is 32.9 Å². The number of benzene rings is 1. The van der Waals surface area contributed by atoms with Gasteiger partial charge in [-0.25, -0.2) is 8.78 Å². The predicted molar refractivity (Wildman–Crippen MR) is 74.4 cm³/mol. The van der Waals surface area contributed by atoms with E-state index in [1.54, 1.807) is 0 Å². The topological polar surface area (TPSA) is 74.9 Å². The second-order valence-corrected chi connectivity index (χ2v) is 5.13. The number of H-pyrrole nitrogens is 1. The van der Waals surface area contributed by atoms with Gasteiger partial charge in [0, 0.05) is 5.56 Å². The number of aliphatic hydroxyl groups excluding tert-OH is 1. The highest BCUT2D eigenvalue weighted by Crippen LogP contribution is 2.39. The number of anilines is 1. The summed E-state index contributed by atoms with van der Waals surface area (Å²) in [6.45, 7) is 0. The molecule has 20 heavy (non-hydrogen) atoms. The van der Waals surface area contributed by atoms with Crippen molar-refractivity contribution in [2.45, 2.75) is 12.5 Å². The highest BCUT2D eigenvalue weighted by atomic mass is 35.5. The highest BCUT2D eigenvalue weighted by Gasteiger charge is 2.27. The fourth-order valence-corrected chi connectivity index (χ4v) is 2.36. The lowest BCUT2D eigenvalue weighted by Gasteiger charge is -2.08. The maximum atomic E-state index is 12.5. The van der Waals surface area contributed by atoms with Crippen LogP contribution in [0, 0.1) is 0 Å². The third-order valence-corrected chi connectivity index (χ3v) is 3.63. The Bertz CT molecular complexity index is 648. The average molecular weight is 343 g/mol. The maximum absolute atomic E-state index is 12.5. The fraction of sp³-hybridized carbons (Fsp3) is 0.182. The van der Waals surface area contributed by atoms with E-state index in [4.69, 9.17) is 40.5 Å². The number of aliphatic hydroxyl groups is 1. The molecule has 2 rings (SSSR count). The molecule has 0 amide bonds. The molecule has 2 aromatic rings. The molecule has 1 aromatic heterocycles. The molecule has 0 saturated carbocycles. The number of aromatic amines is 1. The van der Waals surface area contributed by atoms with Crippen LogP contribution in [0.25, 0.3) is 11.3 Å². The van der Waals surface area contributed by atoms with E-state index in [9.17, 15) is 13.9 Å². The number of nitrogen functional groups attached to an aromatic ring is 1. The number of rotatable bonds is 3. The molecule has 0 saturated heterocycles. The van der Waals surface area contributed by atoms with Crippen LogP contribution in [-0.4, -0.2) is 21.7 Å². The summed E-state index contributed by atoms with van der Waals surface area (Å²) in [5, 5.41) is 15.7. The Balaban J connectivity index is 2.53. The van der Waals surface area contributed by atoms with Crippen LogP contribution >= 0.6 is 34.8 Å². The largest absolute Gasteiger partial charge is 0.398 e. The van der Waals surface area contributed by atoms with Crippen molar-refractivity contribution in [1.29, 1.82) is 0 Å². The number of nitrogens with one attached hydrogen (secondary N) is 1. The van der Waals surface area contributed by atoms with Gasteiger partial charge in [-0.15, -0.1) is 0 Å². The van der Waals surface area contributed by atoms with Gasteiger partial charge in [0.05, 0.1) is 26.4 Å². The quantitative estimate of drug-likeness (QED) is 0.740. The zero-order chi connectivity index (χ0) is 15.0. The molecule has 4 N–H and O–H groups in total. The summed E-state index contributed by atoms with van der Waals surface area (Å²) in [5.74, 6) is 0. The molecule has 0 spiro atoms. The van der Waals surface area contributed by atoms with Crippen LogP contribution in [0.3, 0.4) is 0 Å². The molecule has 0 bridgehead atoms. The van der Waals surface area contributed by atoms with Gasteiger partial charge in [-0.05, 0) is 12.1 Å². The maximum Gasteiger partial charge on any atom is 0.269 e. The minimum atomic E-state index is -2.99. The molecule has 0 aliphatic heterocycles. The van der Waals surface area contributed by atoms with Gasteiger partial charge in [-0.2, -0.15) is 5.10 Å². The number of hydrogen-bond acceptors (Lipinski definition) is 3. The van der Waals surface area contributed by atoms with E-state index in [-0.39, 0.29) is 32.1 Å². The van der Waals surface area contributed by atoms with E-state index in [0.717, 1.165) is 0 Å². The lowest BCUT2D eigenvalue weighted by atomic mass is 10.1. The van der Waals surface area contributed by atoms with Crippen molar-refractivity contribution in [2.24, 2.45) is 0 Å². The summed E-state index contributed by atoms with van der Waals surface area (Å²) in [4.78, 5) is 0. The Morgan fingerprint density at radius 1 is 1.20 bits per heavy atom. The standard InChI is InChI=1S/C11H8Cl3F2N3O/c12-4-2-5(13)6(17)1-3(4)8-7(14)9(19-18-8)10(20)11(15)16/h1-2,10-11,20H,17H2,(H,18,19). The first-order chi connectivity index (χ1) is 9.32. The normalized spacial score (nSPS) is 12.9. The second-order valence-electron chi connectivity index (χ2n) is 3.93. The molecule has 0 radical (unpaired) electrons. The van der Waals surface area contributed by atoms with Crippen molar-refractivity contribution in [2.75, 3.05) is 5.73 Å². The van der Waals surface area contributed by atoms with Gasteiger partial charge in [-0.3, -0.25) is 5.10 Å². The first-order valence-corrected chi connectivity index (χ1v) is 6.41. The van der Waals surface area contributed by atoms with Crippen LogP contribution in [0.15, 0.2) is 12.1 Å². The van der Waals surface area contributed by atoms with Crippen molar-refractivity contribution >= 4 is 40.5 Å². The summed E-state index contributed by atoms with van der Waals surface area (Å²) < 4.78 is 25.0. The number of halogens is 5. The molecule has 9 heteroatoms. The van der Waals surface area contributed by atoms with Gasteiger partial charge in [0.2, 0.25) is 0 Å². The summed E-state index contributed by atoms with van der Waals surface area (Å²) in [5.41, 5.74) is 6.03. The zero-order valence-electron chi connectivity index (χ0n) is 9.67. The van der Waals surface area contributed by atoms with E-state index in [2.05, 4.69) is 10.2 Å². The summed E-state index contributed by atoms with van der Waals surface area (Å²) in [6, 6.07) is 2.81. The molecule has 1 unspecified atom stereocenters. The van der Waals surface area contributed by atoms with Crippen LogP contribution in [0.5, 0.6) is 0 Å². The van der Waals surface area contributed by atoms with Crippen molar-refractivity contribution in [1.82, 2.24) is 10.2 Å². The molecule has 108 valence electrons. The fourth-order valence-electron chi connectivity index (χ4n) is 1.59. The molecule has 0 aliphatic carbocycles. The number of alkyl halides is 2. The Morgan fingerprint density at radius 2 is 1.85 bits per heavy atom. The van der Waals surface area contributed by atoms with Gasteiger partial charge < -0.3 is 10.8 Å². The van der Waals surface area contributed by atoms with Gasteiger partial charge >= 0.3 is 0 Å². The lowest BCUT2D eigenvalue weighted by molar-refractivity contribution is -0.00817. The summed E-state index contributed by atoms with van der Waals surface area (Å²) in [7, 11) is 0. The summed E-state index contributed by atoms with van der Waals surface area (Å²) in [6.07, 6.45) is -5.06. The van der Waals surface area contributed by atoms with Gasteiger partial charge in [0.1, 0.15) is 5.69 Å². The Hall–Kier alpha value is -1.08. The monoisotopic (exact) mass is 341 g/mol. The molecular weight excluding hydrogens is 334 g/mol. The highest BCUT2D eigenvalue weighted by molar-refractivity contribution is 6.39. The van der Waals surface area contributed by atoms with E-state index in [1.807, 2.05) is 0 Å². The zero-order valence-corrected chi connectivity index (χ0v) is 11.9. The molecular formula is C11H8Cl3F2N3O. The number of nitrogens with zero attached hydrogens (tertiary/aromatic N) is 1. The van der Waals surface area contributed by atoms with Crippen molar-refractivity contribution < 1.29 is 13.9 Å². The smallest absolute Gasteiger partial charge is 0.269 e. The van der Waals surface area contributed by atoms with E-state index in [1.165, 1.54) is 12.1 Å².